The molecule has 23 heavy (non-hydrogen) atoms. The van der Waals surface area contributed by atoms with Crippen molar-refractivity contribution in [3.63, 3.8) is 0 Å². The number of benzene rings is 1. The van der Waals surface area contributed by atoms with Gasteiger partial charge in [0.15, 0.2) is 17.9 Å². The van der Waals surface area contributed by atoms with Gasteiger partial charge in [-0.3, -0.25) is 14.5 Å². The minimum Gasteiger partial charge on any atom is -0.351 e. The standard InChI is InChI=1S/C15H12F2N2O3S/c16-11-7(6-20)5-8-13(12(11)17)22-18-14(8)19-9-3-1-2-4-10(9)23-15(19)21/h5-6,9-10H,1-4H2. The fourth-order valence-electron chi connectivity index (χ4n) is 3.36. The van der Waals surface area contributed by atoms with E-state index in [1.807, 2.05) is 0 Å². The van der Waals surface area contributed by atoms with E-state index in [1.54, 1.807) is 0 Å². The number of carbonyl (C=O) groups is 2. The summed E-state index contributed by atoms with van der Waals surface area (Å²) in [6, 6.07) is 1.16. The summed E-state index contributed by atoms with van der Waals surface area (Å²) in [6.07, 6.45) is 4.09. The van der Waals surface area contributed by atoms with Crippen LogP contribution in [0.4, 0.5) is 19.4 Å². The van der Waals surface area contributed by atoms with Crippen molar-refractivity contribution in [2.75, 3.05) is 4.90 Å². The third kappa shape index (κ3) is 2.08. The molecule has 2 unspecified atom stereocenters. The highest BCUT2D eigenvalue weighted by Crippen LogP contribution is 2.44. The summed E-state index contributed by atoms with van der Waals surface area (Å²) in [4.78, 5) is 24.8. The van der Waals surface area contributed by atoms with Gasteiger partial charge in [0, 0.05) is 5.25 Å². The molecule has 2 heterocycles. The summed E-state index contributed by atoms with van der Waals surface area (Å²) in [5.41, 5.74) is -0.792. The Labute approximate surface area is 134 Å². The van der Waals surface area contributed by atoms with E-state index >= 15 is 0 Å². The molecule has 2 atom stereocenters. The van der Waals surface area contributed by atoms with Crippen LogP contribution >= 0.6 is 11.8 Å². The van der Waals surface area contributed by atoms with Crippen LogP contribution in [0.5, 0.6) is 0 Å². The lowest BCUT2D eigenvalue weighted by Gasteiger charge is -2.28. The first kappa shape index (κ1) is 14.6. The van der Waals surface area contributed by atoms with E-state index in [-0.39, 0.29) is 39.6 Å². The third-order valence-electron chi connectivity index (χ3n) is 4.46. The molecule has 0 bridgehead atoms. The minimum absolute atomic E-state index is 0.0256. The highest BCUT2D eigenvalue weighted by Gasteiger charge is 2.44. The Balaban J connectivity index is 1.87. The number of halogens is 2. The molecule has 1 aromatic carbocycles. The van der Waals surface area contributed by atoms with E-state index in [0.717, 1.165) is 25.7 Å². The molecular weight excluding hydrogens is 326 g/mol. The molecule has 1 amide bonds. The number of anilines is 1. The smallest absolute Gasteiger partial charge is 0.287 e. The highest BCUT2D eigenvalue weighted by molar-refractivity contribution is 8.14. The molecule has 2 aliphatic rings. The number of carbonyl (C=O) groups excluding carboxylic acids is 2. The largest absolute Gasteiger partial charge is 0.351 e. The number of amides is 1. The zero-order chi connectivity index (χ0) is 16.1. The van der Waals surface area contributed by atoms with Gasteiger partial charge in [-0.2, -0.15) is 4.39 Å². The Kier molecular flexibility index (Phi) is 3.37. The molecule has 0 radical (unpaired) electrons. The van der Waals surface area contributed by atoms with Crippen LogP contribution in [-0.4, -0.2) is 28.0 Å². The summed E-state index contributed by atoms with van der Waals surface area (Å²) in [7, 11) is 0. The fourth-order valence-corrected chi connectivity index (χ4v) is 4.65. The Morgan fingerprint density at radius 2 is 2.09 bits per heavy atom. The Hall–Kier alpha value is -1.96. The second kappa shape index (κ2) is 5.30. The maximum atomic E-state index is 14.0. The summed E-state index contributed by atoms with van der Waals surface area (Å²) in [6.45, 7) is 0. The third-order valence-corrected chi connectivity index (χ3v) is 5.71. The van der Waals surface area contributed by atoms with Gasteiger partial charge in [-0.25, -0.2) is 4.39 Å². The first-order chi connectivity index (χ1) is 11.1. The van der Waals surface area contributed by atoms with Gasteiger partial charge in [0.05, 0.1) is 17.0 Å². The van der Waals surface area contributed by atoms with Crippen LogP contribution < -0.4 is 4.90 Å². The van der Waals surface area contributed by atoms with Gasteiger partial charge in [-0.05, 0) is 18.9 Å². The highest BCUT2D eigenvalue weighted by atomic mass is 32.2. The predicted molar refractivity (Wildman–Crippen MR) is 80.8 cm³/mol. The van der Waals surface area contributed by atoms with Crippen molar-refractivity contribution >= 4 is 40.1 Å². The van der Waals surface area contributed by atoms with Crippen LogP contribution in [0.15, 0.2) is 10.6 Å². The second-order valence-electron chi connectivity index (χ2n) is 5.74. The van der Waals surface area contributed by atoms with Crippen LogP contribution in [0.25, 0.3) is 11.0 Å². The second-order valence-corrected chi connectivity index (χ2v) is 6.93. The van der Waals surface area contributed by atoms with Crippen LogP contribution in [0.1, 0.15) is 36.0 Å². The van der Waals surface area contributed by atoms with Crippen LogP contribution in [0.2, 0.25) is 0 Å². The molecule has 120 valence electrons. The molecule has 5 nitrogen and oxygen atoms in total. The summed E-state index contributed by atoms with van der Waals surface area (Å²) in [5, 5.41) is 3.94. The fraction of sp³-hybridized carbons (Fsp3) is 0.400. The number of hydrogen-bond acceptors (Lipinski definition) is 5. The summed E-state index contributed by atoms with van der Waals surface area (Å²) in [5.74, 6) is -2.37. The summed E-state index contributed by atoms with van der Waals surface area (Å²) >= 11 is 1.25. The Morgan fingerprint density at radius 1 is 1.30 bits per heavy atom. The number of fused-ring (bicyclic) bond motifs is 2. The van der Waals surface area contributed by atoms with Crippen molar-refractivity contribution in [2.45, 2.75) is 37.0 Å². The normalized spacial score (nSPS) is 24.3. The van der Waals surface area contributed by atoms with Crippen molar-refractivity contribution in [3.8, 4) is 0 Å². The van der Waals surface area contributed by atoms with Crippen molar-refractivity contribution < 1.29 is 22.9 Å². The SMILES string of the molecule is O=Cc1cc2c(N3C(=O)SC4CCCCC43)noc2c(F)c1F. The Morgan fingerprint density at radius 3 is 2.87 bits per heavy atom. The molecule has 2 fully saturated rings. The van der Waals surface area contributed by atoms with Gasteiger partial charge in [0.2, 0.25) is 11.4 Å². The van der Waals surface area contributed by atoms with Gasteiger partial charge in [-0.1, -0.05) is 29.8 Å². The van der Waals surface area contributed by atoms with E-state index in [2.05, 4.69) is 5.16 Å². The number of aromatic nitrogens is 1. The van der Waals surface area contributed by atoms with E-state index in [4.69, 9.17) is 4.52 Å². The van der Waals surface area contributed by atoms with Crippen molar-refractivity contribution in [1.29, 1.82) is 0 Å². The molecule has 1 aliphatic heterocycles. The molecule has 2 aromatic rings. The van der Waals surface area contributed by atoms with Crippen molar-refractivity contribution in [1.82, 2.24) is 5.16 Å². The maximum Gasteiger partial charge on any atom is 0.287 e. The molecule has 1 saturated heterocycles. The number of rotatable bonds is 2. The van der Waals surface area contributed by atoms with Gasteiger partial charge in [0.1, 0.15) is 0 Å². The molecule has 0 spiro atoms. The molecule has 0 N–H and O–H groups in total. The van der Waals surface area contributed by atoms with E-state index in [0.29, 0.717) is 0 Å². The van der Waals surface area contributed by atoms with Gasteiger partial charge < -0.3 is 4.52 Å². The maximum absolute atomic E-state index is 14.0. The van der Waals surface area contributed by atoms with E-state index in [9.17, 15) is 18.4 Å². The quantitative estimate of drug-likeness (QED) is 0.777. The van der Waals surface area contributed by atoms with E-state index < -0.39 is 17.2 Å². The van der Waals surface area contributed by atoms with Crippen LogP contribution in [0, 0.1) is 11.6 Å². The van der Waals surface area contributed by atoms with Crippen LogP contribution in [-0.2, 0) is 0 Å². The molecule has 1 aliphatic carbocycles. The lowest BCUT2D eigenvalue weighted by molar-refractivity contribution is 0.111. The molecule has 4 rings (SSSR count). The first-order valence-electron chi connectivity index (χ1n) is 7.34. The zero-order valence-electron chi connectivity index (χ0n) is 11.9. The minimum atomic E-state index is -1.27. The van der Waals surface area contributed by atoms with Crippen molar-refractivity contribution in [3.05, 3.63) is 23.3 Å². The topological polar surface area (TPSA) is 63.4 Å². The Bertz CT molecular complexity index is 823. The lowest BCUT2D eigenvalue weighted by atomic mass is 9.94. The molecule has 1 aromatic heterocycles. The average Bonchev–Trinajstić information content (AvgIpc) is 3.10. The molecule has 8 heteroatoms. The summed E-state index contributed by atoms with van der Waals surface area (Å²) < 4.78 is 32.6. The number of hydrogen-bond donors (Lipinski definition) is 0. The predicted octanol–water partition coefficient (Wildman–Crippen LogP) is 3.90. The van der Waals surface area contributed by atoms with Gasteiger partial charge >= 0.3 is 0 Å². The average molecular weight is 338 g/mol. The number of nitrogens with zero attached hydrogens (tertiary/aromatic N) is 2. The lowest BCUT2D eigenvalue weighted by Crippen LogP contribution is -2.38. The number of thioether (sulfide) groups is 1. The number of aldehydes is 1. The van der Waals surface area contributed by atoms with E-state index in [1.165, 1.54) is 22.7 Å². The van der Waals surface area contributed by atoms with Gasteiger partial charge in [0.25, 0.3) is 5.24 Å². The monoisotopic (exact) mass is 338 g/mol. The van der Waals surface area contributed by atoms with Gasteiger partial charge in [-0.15, -0.1) is 0 Å². The molecular formula is C15H12F2N2O3S. The van der Waals surface area contributed by atoms with Crippen LogP contribution in [0.3, 0.4) is 0 Å². The zero-order valence-corrected chi connectivity index (χ0v) is 12.7. The van der Waals surface area contributed by atoms with Crippen molar-refractivity contribution in [2.24, 2.45) is 0 Å². The first-order valence-corrected chi connectivity index (χ1v) is 8.22. The molecule has 1 saturated carbocycles.